The second-order valence-corrected chi connectivity index (χ2v) is 4.32. The molecule has 0 fully saturated rings. The van der Waals surface area contributed by atoms with Gasteiger partial charge in [-0.15, -0.1) is 0 Å². The monoisotopic (exact) mass is 295 g/mol. The minimum Gasteiger partial charge on any atom is -0.494 e. The predicted octanol–water partition coefficient (Wildman–Crippen LogP) is 1.09. The molecule has 0 aliphatic heterocycles. The molecule has 0 heterocycles. The number of carboxylic acids is 2. The summed E-state index contributed by atoms with van der Waals surface area (Å²) in [5.74, 6) is -2.74. The molecule has 0 saturated carbocycles. The normalized spacial score (nSPS) is 9.95. The first-order valence-electron chi connectivity index (χ1n) is 6.39. The molecule has 114 valence electrons. The minimum absolute atomic E-state index is 0.186. The van der Waals surface area contributed by atoms with Gasteiger partial charge in [-0.25, -0.2) is 0 Å². The van der Waals surface area contributed by atoms with Crippen molar-refractivity contribution in [3.8, 4) is 5.75 Å². The Balaban J connectivity index is 2.91. The first-order chi connectivity index (χ1) is 9.93. The first kappa shape index (κ1) is 16.5. The maximum Gasteiger partial charge on any atom is 0.323 e. The molecule has 0 atom stereocenters. The van der Waals surface area contributed by atoms with Crippen LogP contribution in [-0.2, 0) is 9.59 Å². The van der Waals surface area contributed by atoms with E-state index in [1.165, 1.54) is 12.1 Å². The smallest absolute Gasteiger partial charge is 0.323 e. The Hall–Kier alpha value is -2.57. The Morgan fingerprint density at radius 3 is 2.29 bits per heavy atom. The van der Waals surface area contributed by atoms with Gasteiger partial charge in [0, 0.05) is 5.56 Å². The van der Waals surface area contributed by atoms with Gasteiger partial charge in [-0.05, 0) is 24.6 Å². The van der Waals surface area contributed by atoms with Crippen LogP contribution in [0.2, 0.25) is 0 Å². The Labute approximate surface area is 121 Å². The van der Waals surface area contributed by atoms with Gasteiger partial charge in [0.25, 0.3) is 5.91 Å². The van der Waals surface area contributed by atoms with Crippen molar-refractivity contribution in [2.24, 2.45) is 0 Å². The molecule has 0 bridgehead atoms. The van der Waals surface area contributed by atoms with Gasteiger partial charge in [0.05, 0.1) is 6.61 Å². The third-order valence-corrected chi connectivity index (χ3v) is 2.49. The highest BCUT2D eigenvalue weighted by Crippen LogP contribution is 2.15. The van der Waals surface area contributed by atoms with Crippen molar-refractivity contribution in [2.45, 2.75) is 13.3 Å². The van der Waals surface area contributed by atoms with E-state index in [0.29, 0.717) is 12.4 Å². The fourth-order valence-corrected chi connectivity index (χ4v) is 1.65. The lowest BCUT2D eigenvalue weighted by Gasteiger charge is -2.18. The summed E-state index contributed by atoms with van der Waals surface area (Å²) in [7, 11) is 0. The van der Waals surface area contributed by atoms with E-state index in [2.05, 4.69) is 0 Å². The lowest BCUT2D eigenvalue weighted by Crippen LogP contribution is -2.39. The van der Waals surface area contributed by atoms with Crippen molar-refractivity contribution in [3.05, 3.63) is 29.8 Å². The van der Waals surface area contributed by atoms with Crippen molar-refractivity contribution in [1.82, 2.24) is 4.90 Å². The van der Waals surface area contributed by atoms with Gasteiger partial charge < -0.3 is 19.8 Å². The first-order valence-corrected chi connectivity index (χ1v) is 6.39. The van der Waals surface area contributed by atoms with Crippen LogP contribution in [0.15, 0.2) is 24.3 Å². The Morgan fingerprint density at radius 1 is 1.14 bits per heavy atom. The average Bonchev–Trinajstić information content (AvgIpc) is 2.43. The molecule has 7 heteroatoms. The van der Waals surface area contributed by atoms with Gasteiger partial charge >= 0.3 is 11.9 Å². The van der Waals surface area contributed by atoms with E-state index in [1.807, 2.05) is 6.92 Å². The topological polar surface area (TPSA) is 104 Å². The lowest BCUT2D eigenvalue weighted by molar-refractivity contribution is -0.140. The van der Waals surface area contributed by atoms with Crippen LogP contribution >= 0.6 is 0 Å². The number of hydrogen-bond donors (Lipinski definition) is 2. The van der Waals surface area contributed by atoms with Crippen molar-refractivity contribution in [2.75, 3.05) is 19.7 Å². The Kier molecular flexibility index (Phi) is 6.19. The highest BCUT2D eigenvalue weighted by molar-refractivity contribution is 5.97. The fourth-order valence-electron chi connectivity index (χ4n) is 1.65. The molecular weight excluding hydrogens is 278 g/mol. The molecule has 0 aliphatic carbocycles. The van der Waals surface area contributed by atoms with E-state index in [9.17, 15) is 14.4 Å². The Bertz CT molecular complexity index is 512. The van der Waals surface area contributed by atoms with Gasteiger partial charge in [0.1, 0.15) is 18.8 Å². The number of benzene rings is 1. The van der Waals surface area contributed by atoms with E-state index in [1.54, 1.807) is 12.1 Å². The van der Waals surface area contributed by atoms with Crippen LogP contribution in [0.25, 0.3) is 0 Å². The molecular formula is C14H17NO6. The zero-order valence-electron chi connectivity index (χ0n) is 11.6. The number of carboxylic acid groups (broad SMARTS) is 2. The highest BCUT2D eigenvalue weighted by atomic mass is 16.5. The number of carbonyl (C=O) groups excluding carboxylic acids is 1. The summed E-state index contributed by atoms with van der Waals surface area (Å²) in [6.45, 7) is 1.08. The van der Waals surface area contributed by atoms with Crippen molar-refractivity contribution < 1.29 is 29.3 Å². The van der Waals surface area contributed by atoms with Crippen LogP contribution in [0.1, 0.15) is 23.7 Å². The second-order valence-electron chi connectivity index (χ2n) is 4.32. The molecule has 7 nitrogen and oxygen atoms in total. The van der Waals surface area contributed by atoms with Crippen molar-refractivity contribution >= 4 is 17.8 Å². The number of carbonyl (C=O) groups is 3. The zero-order chi connectivity index (χ0) is 15.8. The molecule has 1 aromatic rings. The summed E-state index contributed by atoms with van der Waals surface area (Å²) in [5.41, 5.74) is 0.186. The third kappa shape index (κ3) is 5.52. The molecule has 1 amide bonds. The van der Waals surface area contributed by atoms with Gasteiger partial charge in [-0.2, -0.15) is 0 Å². The van der Waals surface area contributed by atoms with E-state index in [-0.39, 0.29) is 5.56 Å². The molecule has 0 spiro atoms. The van der Waals surface area contributed by atoms with Crippen LogP contribution < -0.4 is 4.74 Å². The molecule has 1 aromatic carbocycles. The average molecular weight is 295 g/mol. The quantitative estimate of drug-likeness (QED) is 0.744. The van der Waals surface area contributed by atoms with E-state index in [4.69, 9.17) is 14.9 Å². The molecule has 1 rings (SSSR count). The SMILES string of the molecule is CCCOc1cccc(C(=O)N(CC(=O)O)CC(=O)O)c1. The molecule has 0 radical (unpaired) electrons. The molecule has 21 heavy (non-hydrogen) atoms. The summed E-state index contributed by atoms with van der Waals surface area (Å²) in [6.07, 6.45) is 0.808. The second kappa shape index (κ2) is 7.88. The maximum absolute atomic E-state index is 12.2. The van der Waals surface area contributed by atoms with Crippen molar-refractivity contribution in [1.29, 1.82) is 0 Å². The zero-order valence-corrected chi connectivity index (χ0v) is 11.6. The third-order valence-electron chi connectivity index (χ3n) is 2.49. The van der Waals surface area contributed by atoms with E-state index in [0.717, 1.165) is 11.3 Å². The van der Waals surface area contributed by atoms with E-state index >= 15 is 0 Å². The van der Waals surface area contributed by atoms with Crippen LogP contribution in [0.4, 0.5) is 0 Å². The summed E-state index contributed by atoms with van der Waals surface area (Å²) in [6, 6.07) is 6.22. The minimum atomic E-state index is -1.28. The standard InChI is InChI=1S/C14H17NO6/c1-2-6-21-11-5-3-4-10(7-11)14(20)15(8-12(16)17)9-13(18)19/h3-5,7H,2,6,8-9H2,1H3,(H,16,17)(H,18,19). The fraction of sp³-hybridized carbons (Fsp3) is 0.357. The predicted molar refractivity (Wildman–Crippen MR) is 73.4 cm³/mol. The van der Waals surface area contributed by atoms with Crippen LogP contribution in [-0.4, -0.2) is 52.7 Å². The number of amides is 1. The Morgan fingerprint density at radius 2 is 1.76 bits per heavy atom. The summed E-state index contributed by atoms with van der Waals surface area (Å²) in [5, 5.41) is 17.5. The van der Waals surface area contributed by atoms with Crippen molar-refractivity contribution in [3.63, 3.8) is 0 Å². The lowest BCUT2D eigenvalue weighted by atomic mass is 10.2. The van der Waals surface area contributed by atoms with Gasteiger partial charge in [0.15, 0.2) is 0 Å². The van der Waals surface area contributed by atoms with Gasteiger partial charge in [-0.3, -0.25) is 14.4 Å². The number of ether oxygens (including phenoxy) is 1. The number of rotatable bonds is 8. The summed E-state index contributed by atoms with van der Waals surface area (Å²) >= 11 is 0. The maximum atomic E-state index is 12.2. The molecule has 0 unspecified atom stereocenters. The van der Waals surface area contributed by atoms with E-state index < -0.39 is 30.9 Å². The largest absolute Gasteiger partial charge is 0.494 e. The van der Waals surface area contributed by atoms with Crippen LogP contribution in [0.5, 0.6) is 5.75 Å². The van der Waals surface area contributed by atoms with Gasteiger partial charge in [-0.1, -0.05) is 13.0 Å². The molecule has 0 saturated heterocycles. The molecule has 0 aromatic heterocycles. The highest BCUT2D eigenvalue weighted by Gasteiger charge is 2.21. The number of aliphatic carboxylic acids is 2. The van der Waals surface area contributed by atoms with Crippen LogP contribution in [0.3, 0.4) is 0 Å². The number of nitrogens with zero attached hydrogens (tertiary/aromatic N) is 1. The summed E-state index contributed by atoms with van der Waals surface area (Å²) in [4.78, 5) is 34.4. The summed E-state index contributed by atoms with van der Waals surface area (Å²) < 4.78 is 5.38. The molecule has 2 N–H and O–H groups in total. The van der Waals surface area contributed by atoms with Gasteiger partial charge in [0.2, 0.25) is 0 Å². The molecule has 0 aliphatic rings. The van der Waals surface area contributed by atoms with Crippen LogP contribution in [0, 0.1) is 0 Å². The number of hydrogen-bond acceptors (Lipinski definition) is 4.